The highest BCUT2D eigenvalue weighted by Gasteiger charge is 2.44. The number of anilines is 1. The smallest absolute Gasteiger partial charge is 0.309 e. The third-order valence-corrected chi connectivity index (χ3v) is 5.84. The van der Waals surface area contributed by atoms with Gasteiger partial charge in [-0.15, -0.1) is 0 Å². The molecule has 3 aromatic rings. The monoisotopic (exact) mass is 398 g/mol. The number of piperidine rings is 1. The first kappa shape index (κ1) is 19.9. The number of amides is 2. The highest BCUT2D eigenvalue weighted by atomic mass is 16.2. The lowest BCUT2D eigenvalue weighted by Gasteiger charge is -2.45. The molecular formula is C26H26N2O2. The van der Waals surface area contributed by atoms with E-state index < -0.39 is 0 Å². The van der Waals surface area contributed by atoms with Crippen LogP contribution in [0.5, 0.6) is 0 Å². The normalized spacial score (nSPS) is 21.3. The molecule has 1 aliphatic rings. The van der Waals surface area contributed by atoms with Gasteiger partial charge in [-0.2, -0.15) is 0 Å². The van der Waals surface area contributed by atoms with Crippen molar-refractivity contribution in [2.75, 3.05) is 5.32 Å². The Labute approximate surface area is 177 Å². The Hall–Kier alpha value is -3.40. The molecule has 4 rings (SSSR count). The zero-order valence-electron chi connectivity index (χ0n) is 17.3. The van der Waals surface area contributed by atoms with Gasteiger partial charge in [0, 0.05) is 18.0 Å². The predicted molar refractivity (Wildman–Crippen MR) is 119 cm³/mol. The van der Waals surface area contributed by atoms with E-state index in [1.165, 1.54) is 0 Å². The Morgan fingerprint density at radius 3 is 2.17 bits per heavy atom. The Bertz CT molecular complexity index is 1030. The molecule has 0 spiro atoms. The van der Waals surface area contributed by atoms with Crippen LogP contribution < -0.4 is 5.32 Å². The van der Waals surface area contributed by atoms with E-state index in [-0.39, 0.29) is 29.8 Å². The first-order valence-corrected chi connectivity index (χ1v) is 10.3. The summed E-state index contributed by atoms with van der Waals surface area (Å²) >= 11 is 0. The SMILES string of the molecule is Cc1cccc(NC(=O)N2[C@@H](c3ccccc3)CC(=O)[C@H](C)[C@@H]2c2ccccc2)c1. The van der Waals surface area contributed by atoms with Crippen LogP contribution >= 0.6 is 0 Å². The maximum absolute atomic E-state index is 13.6. The fraction of sp³-hybridized carbons (Fsp3) is 0.231. The van der Waals surface area contributed by atoms with Crippen molar-refractivity contribution in [3.63, 3.8) is 0 Å². The number of nitrogens with one attached hydrogen (secondary N) is 1. The van der Waals surface area contributed by atoms with Gasteiger partial charge in [0.15, 0.2) is 0 Å². The fourth-order valence-electron chi connectivity index (χ4n) is 4.32. The van der Waals surface area contributed by atoms with E-state index in [0.717, 1.165) is 22.4 Å². The molecule has 0 unspecified atom stereocenters. The molecule has 2 amide bonds. The lowest BCUT2D eigenvalue weighted by molar-refractivity contribution is -0.129. The van der Waals surface area contributed by atoms with Crippen LogP contribution in [0.1, 0.15) is 42.1 Å². The van der Waals surface area contributed by atoms with E-state index in [4.69, 9.17) is 0 Å². The minimum atomic E-state index is -0.331. The van der Waals surface area contributed by atoms with Gasteiger partial charge in [-0.1, -0.05) is 79.7 Å². The highest BCUT2D eigenvalue weighted by Crippen LogP contribution is 2.43. The molecular weight excluding hydrogens is 372 g/mol. The van der Waals surface area contributed by atoms with E-state index in [9.17, 15) is 9.59 Å². The fourth-order valence-corrected chi connectivity index (χ4v) is 4.32. The summed E-state index contributed by atoms with van der Waals surface area (Å²) < 4.78 is 0. The van der Waals surface area contributed by atoms with E-state index in [2.05, 4.69) is 5.32 Å². The van der Waals surface area contributed by atoms with Gasteiger partial charge in [-0.05, 0) is 35.7 Å². The number of ketones is 1. The van der Waals surface area contributed by atoms with Crippen molar-refractivity contribution in [3.05, 3.63) is 102 Å². The average Bonchev–Trinajstić information content (AvgIpc) is 2.76. The van der Waals surface area contributed by atoms with Crippen molar-refractivity contribution < 1.29 is 9.59 Å². The third kappa shape index (κ3) is 3.99. The molecule has 4 heteroatoms. The zero-order chi connectivity index (χ0) is 21.1. The van der Waals surface area contributed by atoms with E-state index in [1.807, 2.05) is 104 Å². The maximum atomic E-state index is 13.6. The van der Waals surface area contributed by atoms with Gasteiger partial charge >= 0.3 is 6.03 Å². The summed E-state index contributed by atoms with van der Waals surface area (Å²) in [5.74, 6) is -0.104. The van der Waals surface area contributed by atoms with Gasteiger partial charge in [-0.3, -0.25) is 4.79 Å². The van der Waals surface area contributed by atoms with E-state index >= 15 is 0 Å². The summed E-state index contributed by atoms with van der Waals surface area (Å²) in [4.78, 5) is 28.4. The molecule has 1 aliphatic heterocycles. The van der Waals surface area contributed by atoms with Gasteiger partial charge < -0.3 is 10.2 Å². The zero-order valence-corrected chi connectivity index (χ0v) is 17.3. The number of Topliss-reactive ketones (excluding diaryl/α,β-unsaturated/α-hetero) is 1. The molecule has 1 heterocycles. The average molecular weight is 399 g/mol. The summed E-state index contributed by atoms with van der Waals surface area (Å²) in [6, 6.07) is 26.6. The number of likely N-dealkylation sites (tertiary alicyclic amines) is 1. The molecule has 0 saturated carbocycles. The second kappa shape index (κ2) is 8.54. The van der Waals surface area contributed by atoms with Crippen molar-refractivity contribution >= 4 is 17.5 Å². The van der Waals surface area contributed by atoms with Crippen LogP contribution in [0.25, 0.3) is 0 Å². The summed E-state index contributed by atoms with van der Waals surface area (Å²) in [6.45, 7) is 3.92. The number of carbonyl (C=O) groups is 2. The van der Waals surface area contributed by atoms with Gasteiger partial charge in [0.1, 0.15) is 5.78 Å². The molecule has 1 saturated heterocycles. The minimum absolute atomic E-state index is 0.178. The number of hydrogen-bond acceptors (Lipinski definition) is 2. The second-order valence-corrected chi connectivity index (χ2v) is 7.95. The molecule has 30 heavy (non-hydrogen) atoms. The number of aryl methyl sites for hydroxylation is 1. The van der Waals surface area contributed by atoms with E-state index in [0.29, 0.717) is 6.42 Å². The molecule has 3 atom stereocenters. The summed E-state index contributed by atoms with van der Waals surface area (Å²) in [7, 11) is 0. The van der Waals surface area contributed by atoms with Crippen molar-refractivity contribution in [2.24, 2.45) is 5.92 Å². The maximum Gasteiger partial charge on any atom is 0.322 e. The van der Waals surface area contributed by atoms with Crippen LogP contribution in [0.3, 0.4) is 0 Å². The van der Waals surface area contributed by atoms with Crippen LogP contribution in [-0.4, -0.2) is 16.7 Å². The number of urea groups is 1. The molecule has 0 aromatic heterocycles. The number of benzene rings is 3. The summed E-state index contributed by atoms with van der Waals surface area (Å²) in [5.41, 5.74) is 3.77. The van der Waals surface area contributed by atoms with Crippen molar-refractivity contribution in [2.45, 2.75) is 32.4 Å². The lowest BCUT2D eigenvalue weighted by atomic mass is 9.80. The van der Waals surface area contributed by atoms with Crippen LogP contribution in [0.4, 0.5) is 10.5 Å². The molecule has 0 aliphatic carbocycles. The van der Waals surface area contributed by atoms with Crippen molar-refractivity contribution in [3.8, 4) is 0 Å². The minimum Gasteiger partial charge on any atom is -0.309 e. The second-order valence-electron chi connectivity index (χ2n) is 7.95. The number of rotatable bonds is 3. The third-order valence-electron chi connectivity index (χ3n) is 5.84. The van der Waals surface area contributed by atoms with Crippen molar-refractivity contribution in [1.82, 2.24) is 4.90 Å². The van der Waals surface area contributed by atoms with Crippen LogP contribution in [0, 0.1) is 12.8 Å². The summed E-state index contributed by atoms with van der Waals surface area (Å²) in [5, 5.41) is 3.06. The largest absolute Gasteiger partial charge is 0.322 e. The van der Waals surface area contributed by atoms with Crippen LogP contribution in [0.2, 0.25) is 0 Å². The van der Waals surface area contributed by atoms with Gasteiger partial charge in [0.2, 0.25) is 0 Å². The van der Waals surface area contributed by atoms with Crippen LogP contribution in [0.15, 0.2) is 84.9 Å². The number of hydrogen-bond donors (Lipinski definition) is 1. The lowest BCUT2D eigenvalue weighted by Crippen LogP contribution is -2.49. The molecule has 4 nitrogen and oxygen atoms in total. The molecule has 3 aromatic carbocycles. The quantitative estimate of drug-likeness (QED) is 0.595. The molecule has 1 fully saturated rings. The topological polar surface area (TPSA) is 49.4 Å². The Kier molecular flexibility index (Phi) is 5.66. The van der Waals surface area contributed by atoms with Gasteiger partial charge in [0.25, 0.3) is 0 Å². The van der Waals surface area contributed by atoms with Crippen molar-refractivity contribution in [1.29, 1.82) is 0 Å². The summed E-state index contributed by atoms with van der Waals surface area (Å²) in [6.07, 6.45) is 0.315. The highest BCUT2D eigenvalue weighted by molar-refractivity contribution is 5.93. The molecule has 0 bridgehead atoms. The van der Waals surface area contributed by atoms with Crippen LogP contribution in [-0.2, 0) is 4.79 Å². The predicted octanol–water partition coefficient (Wildman–Crippen LogP) is 5.92. The number of carbonyl (C=O) groups excluding carboxylic acids is 2. The van der Waals surface area contributed by atoms with Gasteiger partial charge in [-0.25, -0.2) is 4.79 Å². The Morgan fingerprint density at radius 2 is 1.53 bits per heavy atom. The Morgan fingerprint density at radius 1 is 0.900 bits per heavy atom. The molecule has 1 N–H and O–H groups in total. The first-order chi connectivity index (χ1) is 14.5. The molecule has 152 valence electrons. The first-order valence-electron chi connectivity index (χ1n) is 10.3. The van der Waals surface area contributed by atoms with E-state index in [1.54, 1.807) is 0 Å². The molecule has 0 radical (unpaired) electrons. The Balaban J connectivity index is 1.77. The van der Waals surface area contributed by atoms with Gasteiger partial charge in [0.05, 0.1) is 12.1 Å². The standard InChI is InChI=1S/C26H26N2O2/c1-18-10-9-15-22(16-18)27-26(30)28-23(20-11-5-3-6-12-20)17-24(29)19(2)25(28)21-13-7-4-8-14-21/h3-16,19,23,25H,17H2,1-2H3,(H,27,30)/t19-,23+,25+/m0/s1. The number of nitrogens with zero attached hydrogens (tertiary/aromatic N) is 1.